The Morgan fingerprint density at radius 1 is 1.81 bits per heavy atom. The van der Waals surface area contributed by atoms with Gasteiger partial charge in [0.05, 0.1) is 30.5 Å². The lowest BCUT2D eigenvalue weighted by Gasteiger charge is -2.31. The van der Waals surface area contributed by atoms with Crippen LogP contribution in [0.15, 0.2) is 6.20 Å². The highest BCUT2D eigenvalue weighted by Gasteiger charge is 2.25. The average molecular weight is 242 g/mol. The fraction of sp³-hybridized carbons (Fsp3) is 0.600. The lowest BCUT2D eigenvalue weighted by atomic mass is 10.2. The van der Waals surface area contributed by atoms with Crippen molar-refractivity contribution in [2.45, 2.75) is 13.0 Å². The van der Waals surface area contributed by atoms with Gasteiger partial charge in [-0.15, -0.1) is 11.3 Å². The molecule has 0 radical (unpaired) electrons. The van der Waals surface area contributed by atoms with E-state index < -0.39 is 0 Å². The van der Waals surface area contributed by atoms with Crippen molar-refractivity contribution in [1.29, 1.82) is 0 Å². The van der Waals surface area contributed by atoms with E-state index in [1.54, 1.807) is 11.1 Å². The fourth-order valence-corrected chi connectivity index (χ4v) is 2.38. The van der Waals surface area contributed by atoms with Gasteiger partial charge in [-0.3, -0.25) is 4.79 Å². The minimum absolute atomic E-state index is 0.0210. The monoisotopic (exact) mass is 242 g/mol. The number of aryl methyl sites for hydroxylation is 1. The number of morpholine rings is 1. The summed E-state index contributed by atoms with van der Waals surface area (Å²) in [6.45, 7) is 3.33. The maximum absolute atomic E-state index is 12.0. The summed E-state index contributed by atoms with van der Waals surface area (Å²) in [5, 5.41) is 9.88. The summed E-state index contributed by atoms with van der Waals surface area (Å²) in [6.07, 6.45) is 1.35. The van der Waals surface area contributed by atoms with Crippen molar-refractivity contribution < 1.29 is 14.6 Å². The number of aromatic nitrogens is 1. The summed E-state index contributed by atoms with van der Waals surface area (Å²) in [6, 6.07) is 0. The quantitative estimate of drug-likeness (QED) is 0.809. The van der Waals surface area contributed by atoms with Crippen molar-refractivity contribution in [1.82, 2.24) is 9.88 Å². The molecule has 1 unspecified atom stereocenters. The lowest BCUT2D eigenvalue weighted by Crippen LogP contribution is -2.46. The molecule has 1 aromatic rings. The van der Waals surface area contributed by atoms with Crippen LogP contribution >= 0.6 is 11.3 Å². The van der Waals surface area contributed by atoms with Crippen LogP contribution in [-0.4, -0.2) is 53.3 Å². The van der Waals surface area contributed by atoms with Gasteiger partial charge in [-0.1, -0.05) is 0 Å². The zero-order chi connectivity index (χ0) is 11.5. The number of hydrogen-bond acceptors (Lipinski definition) is 5. The predicted molar refractivity (Wildman–Crippen MR) is 59.6 cm³/mol. The van der Waals surface area contributed by atoms with E-state index in [0.29, 0.717) is 24.6 Å². The maximum atomic E-state index is 12.0. The first-order chi connectivity index (χ1) is 7.70. The Bertz CT molecular complexity index is 380. The van der Waals surface area contributed by atoms with E-state index in [1.807, 2.05) is 6.92 Å². The van der Waals surface area contributed by atoms with Gasteiger partial charge in [-0.2, -0.15) is 0 Å². The number of aliphatic hydroxyl groups is 1. The molecule has 0 aromatic carbocycles. The van der Waals surface area contributed by atoms with Crippen molar-refractivity contribution in [2.24, 2.45) is 0 Å². The molecule has 1 atom stereocenters. The molecule has 88 valence electrons. The number of amides is 1. The number of carbonyl (C=O) groups is 1. The molecule has 16 heavy (non-hydrogen) atoms. The molecule has 1 amide bonds. The van der Waals surface area contributed by atoms with Crippen LogP contribution in [0.25, 0.3) is 0 Å². The third kappa shape index (κ3) is 2.40. The second-order valence-corrected chi connectivity index (χ2v) is 4.90. The third-order valence-corrected chi connectivity index (χ3v) is 3.36. The molecular weight excluding hydrogens is 228 g/mol. The summed E-state index contributed by atoms with van der Waals surface area (Å²) < 4.78 is 5.29. The van der Waals surface area contributed by atoms with E-state index in [-0.39, 0.29) is 18.6 Å². The summed E-state index contributed by atoms with van der Waals surface area (Å²) in [5.41, 5.74) is 0. The number of nitrogens with zero attached hydrogens (tertiary/aromatic N) is 2. The summed E-state index contributed by atoms with van der Waals surface area (Å²) in [5.74, 6) is -0.0210. The Kier molecular flexibility index (Phi) is 3.52. The summed E-state index contributed by atoms with van der Waals surface area (Å²) in [7, 11) is 0. The van der Waals surface area contributed by atoms with Crippen LogP contribution < -0.4 is 0 Å². The zero-order valence-corrected chi connectivity index (χ0v) is 9.87. The molecule has 0 bridgehead atoms. The maximum Gasteiger partial charge on any atom is 0.265 e. The number of ether oxygens (including phenoxy) is 1. The highest BCUT2D eigenvalue weighted by atomic mass is 32.1. The number of thiazole rings is 1. The minimum Gasteiger partial charge on any atom is -0.394 e. The van der Waals surface area contributed by atoms with Crippen molar-refractivity contribution in [2.75, 3.05) is 26.3 Å². The molecule has 1 aromatic heterocycles. The van der Waals surface area contributed by atoms with Crippen LogP contribution in [0.4, 0.5) is 0 Å². The largest absolute Gasteiger partial charge is 0.394 e. The van der Waals surface area contributed by atoms with Gasteiger partial charge in [0, 0.05) is 13.1 Å². The first-order valence-corrected chi connectivity index (χ1v) is 5.96. The highest BCUT2D eigenvalue weighted by Crippen LogP contribution is 2.16. The first kappa shape index (κ1) is 11.5. The first-order valence-electron chi connectivity index (χ1n) is 5.15. The van der Waals surface area contributed by atoms with Crippen LogP contribution in [0, 0.1) is 6.92 Å². The van der Waals surface area contributed by atoms with Crippen LogP contribution in [0.3, 0.4) is 0 Å². The van der Waals surface area contributed by atoms with E-state index in [4.69, 9.17) is 9.84 Å². The SMILES string of the molecule is Cc1ncc(C(=O)N2CCOC(CO)C2)s1. The van der Waals surface area contributed by atoms with Gasteiger partial charge in [-0.25, -0.2) is 4.98 Å². The highest BCUT2D eigenvalue weighted by molar-refractivity contribution is 7.13. The molecule has 1 saturated heterocycles. The zero-order valence-electron chi connectivity index (χ0n) is 9.05. The smallest absolute Gasteiger partial charge is 0.265 e. The number of hydrogen-bond donors (Lipinski definition) is 1. The average Bonchev–Trinajstić information content (AvgIpc) is 2.75. The summed E-state index contributed by atoms with van der Waals surface area (Å²) in [4.78, 5) is 18.5. The van der Waals surface area contributed by atoms with Gasteiger partial charge in [0.2, 0.25) is 0 Å². The Morgan fingerprint density at radius 3 is 3.25 bits per heavy atom. The van der Waals surface area contributed by atoms with Crippen LogP contribution in [0.5, 0.6) is 0 Å². The molecule has 2 heterocycles. The van der Waals surface area contributed by atoms with Crippen LogP contribution in [-0.2, 0) is 4.74 Å². The van der Waals surface area contributed by atoms with E-state index in [0.717, 1.165) is 5.01 Å². The standard InChI is InChI=1S/C10H14N2O3S/c1-7-11-4-9(16-7)10(14)12-2-3-15-8(5-12)6-13/h4,8,13H,2-3,5-6H2,1H3. The third-order valence-electron chi connectivity index (χ3n) is 2.46. The second kappa shape index (κ2) is 4.90. The molecular formula is C10H14N2O3S. The summed E-state index contributed by atoms with van der Waals surface area (Å²) >= 11 is 1.39. The fourth-order valence-electron chi connectivity index (χ4n) is 1.63. The lowest BCUT2D eigenvalue weighted by molar-refractivity contribution is -0.0446. The van der Waals surface area contributed by atoms with Gasteiger partial charge in [-0.05, 0) is 6.92 Å². The predicted octanol–water partition coefficient (Wildman–Crippen LogP) is 0.285. The molecule has 1 N–H and O–H groups in total. The van der Waals surface area contributed by atoms with Gasteiger partial charge in [0.1, 0.15) is 4.88 Å². The van der Waals surface area contributed by atoms with Crippen LogP contribution in [0.2, 0.25) is 0 Å². The Balaban J connectivity index is 2.04. The number of rotatable bonds is 2. The van der Waals surface area contributed by atoms with Gasteiger partial charge in [0.25, 0.3) is 5.91 Å². The molecule has 1 aliphatic heterocycles. The van der Waals surface area contributed by atoms with Crippen molar-refractivity contribution in [3.05, 3.63) is 16.1 Å². The van der Waals surface area contributed by atoms with Crippen LogP contribution in [0.1, 0.15) is 14.7 Å². The van der Waals surface area contributed by atoms with E-state index in [2.05, 4.69) is 4.98 Å². The van der Waals surface area contributed by atoms with Gasteiger partial charge < -0.3 is 14.7 Å². The van der Waals surface area contributed by atoms with E-state index >= 15 is 0 Å². The molecule has 1 aliphatic rings. The van der Waals surface area contributed by atoms with E-state index in [1.165, 1.54) is 11.3 Å². The molecule has 0 spiro atoms. The molecule has 5 nitrogen and oxygen atoms in total. The van der Waals surface area contributed by atoms with Crippen molar-refractivity contribution >= 4 is 17.2 Å². The Hall–Kier alpha value is -0.980. The second-order valence-electron chi connectivity index (χ2n) is 3.67. The minimum atomic E-state index is -0.258. The topological polar surface area (TPSA) is 62.7 Å². The van der Waals surface area contributed by atoms with E-state index in [9.17, 15) is 4.79 Å². The molecule has 1 fully saturated rings. The van der Waals surface area contributed by atoms with Crippen molar-refractivity contribution in [3.63, 3.8) is 0 Å². The molecule has 0 aliphatic carbocycles. The molecule has 0 saturated carbocycles. The van der Waals surface area contributed by atoms with Gasteiger partial charge in [0.15, 0.2) is 0 Å². The van der Waals surface area contributed by atoms with Gasteiger partial charge >= 0.3 is 0 Å². The molecule has 2 rings (SSSR count). The van der Waals surface area contributed by atoms with Crippen molar-refractivity contribution in [3.8, 4) is 0 Å². The Labute approximate surface area is 97.7 Å². The number of aliphatic hydroxyl groups excluding tert-OH is 1. The Morgan fingerprint density at radius 2 is 2.62 bits per heavy atom. The number of carbonyl (C=O) groups excluding carboxylic acids is 1. The molecule has 6 heteroatoms. The normalized spacial score (nSPS) is 21.1.